The van der Waals surface area contributed by atoms with Crippen molar-refractivity contribution >= 4 is 13.7 Å². The molecule has 1 unspecified atom stereocenters. The lowest BCUT2D eigenvalue weighted by atomic mass is 10.1. The summed E-state index contributed by atoms with van der Waals surface area (Å²) in [6.07, 6.45) is 33.8. The van der Waals surface area contributed by atoms with Gasteiger partial charge in [-0.25, -0.2) is 4.57 Å². The van der Waals surface area contributed by atoms with E-state index in [0.717, 1.165) is 51.4 Å². The van der Waals surface area contributed by atoms with Gasteiger partial charge in [0.25, 0.3) is 0 Å². The Labute approximate surface area is 290 Å². The van der Waals surface area contributed by atoms with Gasteiger partial charge in [-0.3, -0.25) is 13.8 Å². The Morgan fingerprint density at radius 1 is 0.702 bits per heavy atom. The molecule has 0 spiro atoms. The van der Waals surface area contributed by atoms with Crippen LogP contribution in [0.2, 0.25) is 0 Å². The number of likely N-dealkylation sites (N-methyl/N-ethyl adjacent to an activating group) is 1. The number of hydrogen-bond acceptors (Lipinski definition) is 5. The zero-order valence-electron chi connectivity index (χ0n) is 31.3. The molecule has 1 amide bonds. The number of aliphatic hydroxyl groups excluding tert-OH is 1. The standard InChI is InChI=1S/C38H75N2O6P/c1-6-8-10-12-14-16-18-19-20-22-24-26-28-30-32-38(42)39-36(35-46-47(43,44)45-34-33-40(3,4)5)37(41)31-29-27-25-23-21-17-15-13-11-9-7-2/h18-19,29,31,36-37,41H,6-17,20-28,30,32-35H2,1-5H3,(H-,39,42,43,44)/p+1/b19-18+,31-29+/t36-,37+/m0/s1. The molecular weight excluding hydrogens is 611 g/mol. The van der Waals surface area contributed by atoms with Crippen molar-refractivity contribution in [2.24, 2.45) is 0 Å². The fourth-order valence-corrected chi connectivity index (χ4v) is 6.00. The molecule has 0 aliphatic heterocycles. The molecule has 0 aliphatic carbocycles. The zero-order chi connectivity index (χ0) is 35.1. The summed E-state index contributed by atoms with van der Waals surface area (Å²) in [7, 11) is 1.56. The normalized spacial score (nSPS) is 15.0. The van der Waals surface area contributed by atoms with E-state index in [1.54, 1.807) is 6.08 Å². The lowest BCUT2D eigenvalue weighted by molar-refractivity contribution is -0.870. The second-order valence-corrected chi connectivity index (χ2v) is 15.8. The third-order valence-electron chi connectivity index (χ3n) is 8.42. The lowest BCUT2D eigenvalue weighted by Crippen LogP contribution is -2.45. The molecule has 47 heavy (non-hydrogen) atoms. The van der Waals surface area contributed by atoms with Gasteiger partial charge in [-0.2, -0.15) is 0 Å². The maximum atomic E-state index is 12.8. The van der Waals surface area contributed by atoms with Crippen LogP contribution in [0.5, 0.6) is 0 Å². The first-order valence-corrected chi connectivity index (χ1v) is 20.7. The minimum Gasteiger partial charge on any atom is -0.387 e. The van der Waals surface area contributed by atoms with Crippen LogP contribution in [-0.4, -0.2) is 73.4 Å². The maximum absolute atomic E-state index is 12.8. The summed E-state index contributed by atoms with van der Waals surface area (Å²) < 4.78 is 23.4. The number of allylic oxidation sites excluding steroid dienone is 3. The number of unbranched alkanes of at least 4 members (excludes halogenated alkanes) is 19. The third kappa shape index (κ3) is 33.3. The van der Waals surface area contributed by atoms with E-state index in [4.69, 9.17) is 9.05 Å². The SMILES string of the molecule is CCCCCCC/C=C/CCCCCCCC(=O)N[C@@H](COP(=O)(O)OCC[N+](C)(C)C)[C@H](O)/C=C/CCCCCCCCCCC. The summed E-state index contributed by atoms with van der Waals surface area (Å²) in [4.78, 5) is 23.0. The molecule has 3 N–H and O–H groups in total. The fourth-order valence-electron chi connectivity index (χ4n) is 5.27. The van der Waals surface area contributed by atoms with Crippen molar-refractivity contribution in [2.75, 3.05) is 40.9 Å². The van der Waals surface area contributed by atoms with Crippen LogP contribution < -0.4 is 5.32 Å². The molecule has 3 atom stereocenters. The number of carbonyl (C=O) groups is 1. The topological polar surface area (TPSA) is 105 Å². The van der Waals surface area contributed by atoms with Crippen molar-refractivity contribution in [1.29, 1.82) is 0 Å². The molecule has 0 aromatic rings. The van der Waals surface area contributed by atoms with Gasteiger partial charge in [-0.1, -0.05) is 134 Å². The molecule has 0 heterocycles. The molecule has 0 bridgehead atoms. The van der Waals surface area contributed by atoms with Gasteiger partial charge >= 0.3 is 7.82 Å². The second kappa shape index (κ2) is 31.0. The Morgan fingerprint density at radius 2 is 1.15 bits per heavy atom. The Kier molecular flexibility index (Phi) is 30.3. The molecule has 9 heteroatoms. The zero-order valence-corrected chi connectivity index (χ0v) is 32.2. The molecular formula is C38H76N2O6P+. The number of phosphoric acid groups is 1. The fraction of sp³-hybridized carbons (Fsp3) is 0.868. The van der Waals surface area contributed by atoms with Crippen molar-refractivity contribution in [3.8, 4) is 0 Å². The molecule has 8 nitrogen and oxygen atoms in total. The van der Waals surface area contributed by atoms with Crippen LogP contribution in [0.1, 0.15) is 162 Å². The highest BCUT2D eigenvalue weighted by Crippen LogP contribution is 2.43. The minimum atomic E-state index is -4.33. The molecule has 0 radical (unpaired) electrons. The van der Waals surface area contributed by atoms with E-state index < -0.39 is 20.0 Å². The second-order valence-electron chi connectivity index (χ2n) is 14.3. The van der Waals surface area contributed by atoms with Crippen LogP contribution in [0.3, 0.4) is 0 Å². The molecule has 278 valence electrons. The highest BCUT2D eigenvalue weighted by molar-refractivity contribution is 7.47. The summed E-state index contributed by atoms with van der Waals surface area (Å²) in [6, 6.07) is -0.845. The van der Waals surface area contributed by atoms with Gasteiger partial charge in [0, 0.05) is 6.42 Å². The minimum absolute atomic E-state index is 0.0604. The molecule has 0 fully saturated rings. The number of nitrogens with zero attached hydrogens (tertiary/aromatic N) is 1. The first kappa shape index (κ1) is 46.0. The van der Waals surface area contributed by atoms with Crippen LogP contribution >= 0.6 is 7.82 Å². The summed E-state index contributed by atoms with van der Waals surface area (Å²) in [5.74, 6) is -0.189. The van der Waals surface area contributed by atoms with Crippen LogP contribution in [0.15, 0.2) is 24.3 Å². The summed E-state index contributed by atoms with van der Waals surface area (Å²) in [5, 5.41) is 13.7. The number of nitrogens with one attached hydrogen (secondary N) is 1. The number of carbonyl (C=O) groups excluding carboxylic acids is 1. The van der Waals surface area contributed by atoms with Gasteiger partial charge in [0.15, 0.2) is 0 Å². The van der Waals surface area contributed by atoms with Gasteiger partial charge < -0.3 is 19.8 Å². The first-order valence-electron chi connectivity index (χ1n) is 19.2. The van der Waals surface area contributed by atoms with Gasteiger partial charge in [0.05, 0.1) is 39.9 Å². The van der Waals surface area contributed by atoms with E-state index in [1.165, 1.54) is 89.9 Å². The van der Waals surface area contributed by atoms with Crippen molar-refractivity contribution < 1.29 is 32.9 Å². The Bertz CT molecular complexity index is 829. The van der Waals surface area contributed by atoms with E-state index in [-0.39, 0.29) is 19.1 Å². The highest BCUT2D eigenvalue weighted by Gasteiger charge is 2.27. The van der Waals surface area contributed by atoms with E-state index in [1.807, 2.05) is 27.2 Å². The number of amides is 1. The van der Waals surface area contributed by atoms with Crippen molar-refractivity contribution in [2.45, 2.75) is 174 Å². The van der Waals surface area contributed by atoms with Crippen LogP contribution in [0.25, 0.3) is 0 Å². The largest absolute Gasteiger partial charge is 0.472 e. The van der Waals surface area contributed by atoms with E-state index in [0.29, 0.717) is 17.4 Å². The smallest absolute Gasteiger partial charge is 0.387 e. The number of aliphatic hydroxyl groups is 1. The lowest BCUT2D eigenvalue weighted by Gasteiger charge is -2.25. The predicted molar refractivity (Wildman–Crippen MR) is 198 cm³/mol. The third-order valence-corrected chi connectivity index (χ3v) is 9.40. The van der Waals surface area contributed by atoms with E-state index >= 15 is 0 Å². The molecule has 0 aromatic carbocycles. The summed E-state index contributed by atoms with van der Waals surface area (Å²) in [6.45, 7) is 4.76. The predicted octanol–water partition coefficient (Wildman–Crippen LogP) is 9.80. The van der Waals surface area contributed by atoms with E-state index in [9.17, 15) is 19.4 Å². The monoisotopic (exact) mass is 688 g/mol. The first-order chi connectivity index (χ1) is 22.5. The maximum Gasteiger partial charge on any atom is 0.472 e. The van der Waals surface area contributed by atoms with Gasteiger partial charge in [0.2, 0.25) is 5.91 Å². The number of rotatable bonds is 34. The van der Waals surface area contributed by atoms with Gasteiger partial charge in [-0.15, -0.1) is 0 Å². The summed E-state index contributed by atoms with van der Waals surface area (Å²) in [5.41, 5.74) is 0. The molecule has 0 saturated heterocycles. The van der Waals surface area contributed by atoms with Crippen LogP contribution in [0.4, 0.5) is 0 Å². The highest BCUT2D eigenvalue weighted by atomic mass is 31.2. The number of quaternary nitrogens is 1. The molecule has 0 saturated carbocycles. The molecule has 0 aliphatic rings. The quantitative estimate of drug-likeness (QED) is 0.0269. The van der Waals surface area contributed by atoms with Crippen molar-refractivity contribution in [3.05, 3.63) is 24.3 Å². The number of phosphoric ester groups is 1. The van der Waals surface area contributed by atoms with Gasteiger partial charge in [0.1, 0.15) is 13.2 Å². The Hall–Kier alpha value is -1.02. The van der Waals surface area contributed by atoms with Crippen LogP contribution in [0, 0.1) is 0 Å². The van der Waals surface area contributed by atoms with E-state index in [2.05, 4.69) is 31.3 Å². The average Bonchev–Trinajstić information content (AvgIpc) is 3.01. The molecule has 0 rings (SSSR count). The van der Waals surface area contributed by atoms with Crippen molar-refractivity contribution in [1.82, 2.24) is 5.32 Å². The van der Waals surface area contributed by atoms with Crippen LogP contribution in [-0.2, 0) is 18.4 Å². The molecule has 0 aromatic heterocycles. The van der Waals surface area contributed by atoms with Gasteiger partial charge in [-0.05, 0) is 44.9 Å². The average molecular weight is 688 g/mol. The summed E-state index contributed by atoms with van der Waals surface area (Å²) >= 11 is 0. The number of hydrogen-bond donors (Lipinski definition) is 3. The Morgan fingerprint density at radius 3 is 1.64 bits per heavy atom. The van der Waals surface area contributed by atoms with Crippen molar-refractivity contribution in [3.63, 3.8) is 0 Å². The Balaban J connectivity index is 4.54.